The summed E-state index contributed by atoms with van der Waals surface area (Å²) < 4.78 is 0. The van der Waals surface area contributed by atoms with E-state index in [0.29, 0.717) is 18.1 Å². The molecule has 2 bridgehead atoms. The summed E-state index contributed by atoms with van der Waals surface area (Å²) in [6.45, 7) is 12.4. The highest BCUT2D eigenvalue weighted by molar-refractivity contribution is 5.76. The first-order valence-electron chi connectivity index (χ1n) is 8.66. The zero-order chi connectivity index (χ0) is 16.8. The number of amides is 2. The molecular weight excluding hydrogens is 286 g/mol. The van der Waals surface area contributed by atoms with Crippen LogP contribution in [0.3, 0.4) is 0 Å². The summed E-state index contributed by atoms with van der Waals surface area (Å²) in [7, 11) is 0. The van der Waals surface area contributed by atoms with Gasteiger partial charge in [-0.1, -0.05) is 24.3 Å². The van der Waals surface area contributed by atoms with Gasteiger partial charge in [0.1, 0.15) is 0 Å². The Hall–Kier alpha value is -1.55. The van der Waals surface area contributed by atoms with Gasteiger partial charge in [-0.25, -0.2) is 4.79 Å². The third-order valence-corrected chi connectivity index (χ3v) is 5.16. The number of fused-ring (bicyclic) bond motifs is 2. The van der Waals surface area contributed by atoms with Crippen molar-refractivity contribution in [1.82, 2.24) is 15.1 Å². The number of carbonyl (C=O) groups excluding carboxylic acids is 1. The van der Waals surface area contributed by atoms with Crippen molar-refractivity contribution in [2.45, 2.75) is 64.7 Å². The normalized spacial score (nSPS) is 25.7. The van der Waals surface area contributed by atoms with Gasteiger partial charge >= 0.3 is 6.03 Å². The molecule has 1 aromatic rings. The number of carbonyl (C=O) groups is 1. The van der Waals surface area contributed by atoms with Crippen LogP contribution < -0.4 is 5.32 Å². The van der Waals surface area contributed by atoms with E-state index in [9.17, 15) is 4.79 Å². The molecule has 2 amide bonds. The van der Waals surface area contributed by atoms with Crippen LogP contribution >= 0.6 is 0 Å². The molecule has 3 unspecified atom stereocenters. The predicted molar refractivity (Wildman–Crippen MR) is 93.5 cm³/mol. The van der Waals surface area contributed by atoms with Crippen molar-refractivity contribution >= 4 is 6.03 Å². The smallest absolute Gasteiger partial charge is 0.318 e. The van der Waals surface area contributed by atoms with Crippen LogP contribution in [0.25, 0.3) is 0 Å². The molecule has 2 fully saturated rings. The average molecular weight is 315 g/mol. The van der Waals surface area contributed by atoms with E-state index in [-0.39, 0.29) is 11.6 Å². The quantitative estimate of drug-likeness (QED) is 0.909. The van der Waals surface area contributed by atoms with Crippen LogP contribution in [0.4, 0.5) is 4.79 Å². The summed E-state index contributed by atoms with van der Waals surface area (Å²) in [5.74, 6) is 0. The van der Waals surface area contributed by atoms with E-state index >= 15 is 0 Å². The maximum atomic E-state index is 12.4. The molecule has 3 atom stereocenters. The van der Waals surface area contributed by atoms with E-state index in [4.69, 9.17) is 0 Å². The maximum Gasteiger partial charge on any atom is 0.318 e. The van der Waals surface area contributed by atoms with Crippen LogP contribution in [-0.4, -0.2) is 46.5 Å². The lowest BCUT2D eigenvalue weighted by Gasteiger charge is -2.39. The van der Waals surface area contributed by atoms with Gasteiger partial charge in [-0.15, -0.1) is 0 Å². The Bertz CT molecular complexity index is 593. The maximum absolute atomic E-state index is 12.4. The number of benzene rings is 1. The number of urea groups is 1. The minimum absolute atomic E-state index is 0.0909. The van der Waals surface area contributed by atoms with Crippen molar-refractivity contribution < 1.29 is 4.79 Å². The molecule has 1 N–H and O–H groups in total. The second kappa shape index (κ2) is 5.82. The molecule has 4 nitrogen and oxygen atoms in total. The SMILES string of the molecule is Cc1ccccc1C(C)N1CC2CC1CN2C(=O)NC(C)(C)C. The van der Waals surface area contributed by atoms with Crippen molar-refractivity contribution in [2.24, 2.45) is 0 Å². The Morgan fingerprint density at radius 2 is 1.91 bits per heavy atom. The fraction of sp³-hybridized carbons (Fsp3) is 0.632. The van der Waals surface area contributed by atoms with E-state index in [1.54, 1.807) is 0 Å². The van der Waals surface area contributed by atoms with E-state index in [1.807, 2.05) is 25.7 Å². The van der Waals surface area contributed by atoms with Gasteiger partial charge < -0.3 is 10.2 Å². The second-order valence-electron chi connectivity index (χ2n) is 8.11. The number of nitrogens with zero attached hydrogens (tertiary/aromatic N) is 2. The minimum Gasteiger partial charge on any atom is -0.333 e. The first kappa shape index (κ1) is 16.3. The molecule has 0 spiro atoms. The molecule has 2 heterocycles. The van der Waals surface area contributed by atoms with Crippen molar-refractivity contribution in [3.8, 4) is 0 Å². The average Bonchev–Trinajstić information content (AvgIpc) is 3.05. The van der Waals surface area contributed by atoms with Gasteiger partial charge in [0.25, 0.3) is 0 Å². The van der Waals surface area contributed by atoms with Gasteiger partial charge in [0.2, 0.25) is 0 Å². The highest BCUT2D eigenvalue weighted by Crippen LogP contribution is 2.37. The zero-order valence-electron chi connectivity index (χ0n) is 15.0. The lowest BCUT2D eigenvalue weighted by molar-refractivity contribution is 0.107. The van der Waals surface area contributed by atoms with Crippen LogP contribution in [0.5, 0.6) is 0 Å². The molecule has 3 rings (SSSR count). The highest BCUT2D eigenvalue weighted by atomic mass is 16.2. The number of rotatable bonds is 2. The molecule has 2 aliphatic rings. The summed E-state index contributed by atoms with van der Waals surface area (Å²) in [5.41, 5.74) is 2.59. The third-order valence-electron chi connectivity index (χ3n) is 5.16. The van der Waals surface area contributed by atoms with Gasteiger partial charge in [-0.3, -0.25) is 4.90 Å². The fourth-order valence-corrected chi connectivity index (χ4v) is 4.05. The lowest BCUT2D eigenvalue weighted by Crippen LogP contribution is -2.55. The van der Waals surface area contributed by atoms with Crippen LogP contribution in [0.2, 0.25) is 0 Å². The Morgan fingerprint density at radius 3 is 2.48 bits per heavy atom. The number of aryl methyl sites for hydroxylation is 1. The van der Waals surface area contributed by atoms with E-state index in [2.05, 4.69) is 48.3 Å². The Kier molecular flexibility index (Phi) is 4.13. The van der Waals surface area contributed by atoms with E-state index in [0.717, 1.165) is 19.5 Å². The van der Waals surface area contributed by atoms with Crippen molar-refractivity contribution in [2.75, 3.05) is 13.1 Å². The molecule has 126 valence electrons. The summed E-state index contributed by atoms with van der Waals surface area (Å²) in [6, 6.07) is 9.98. The van der Waals surface area contributed by atoms with Gasteiger partial charge in [-0.2, -0.15) is 0 Å². The number of nitrogens with one attached hydrogen (secondary N) is 1. The van der Waals surface area contributed by atoms with E-state index in [1.165, 1.54) is 11.1 Å². The third kappa shape index (κ3) is 3.23. The first-order valence-corrected chi connectivity index (χ1v) is 8.66. The van der Waals surface area contributed by atoms with E-state index < -0.39 is 0 Å². The Morgan fingerprint density at radius 1 is 1.22 bits per heavy atom. The molecule has 0 aromatic heterocycles. The standard InChI is InChI=1S/C19H29N3O/c1-13-8-6-7-9-17(13)14(2)21-11-16-10-15(21)12-22(16)18(23)20-19(3,4)5/h6-9,14-16H,10-12H2,1-5H3,(H,20,23). The number of hydrogen-bond donors (Lipinski definition) is 1. The van der Waals surface area contributed by atoms with Gasteiger partial charge in [0.05, 0.1) is 0 Å². The van der Waals surface area contributed by atoms with Crippen molar-refractivity contribution in [1.29, 1.82) is 0 Å². The van der Waals surface area contributed by atoms with Crippen LogP contribution in [0, 0.1) is 6.92 Å². The topological polar surface area (TPSA) is 35.6 Å². The largest absolute Gasteiger partial charge is 0.333 e. The summed E-state index contributed by atoms with van der Waals surface area (Å²) >= 11 is 0. The Labute approximate surface area is 139 Å². The van der Waals surface area contributed by atoms with Gasteiger partial charge in [0.15, 0.2) is 0 Å². The molecular formula is C19H29N3O. The Balaban J connectivity index is 1.67. The molecule has 0 aliphatic carbocycles. The predicted octanol–water partition coefficient (Wildman–Crippen LogP) is 3.32. The number of hydrogen-bond acceptors (Lipinski definition) is 2. The molecule has 1 aromatic carbocycles. The fourth-order valence-electron chi connectivity index (χ4n) is 4.05. The van der Waals surface area contributed by atoms with Gasteiger partial charge in [0, 0.05) is 36.8 Å². The number of likely N-dealkylation sites (tertiary alicyclic amines) is 2. The molecule has 0 radical (unpaired) electrons. The molecule has 4 heteroatoms. The first-order chi connectivity index (χ1) is 10.8. The van der Waals surface area contributed by atoms with Crippen LogP contribution in [-0.2, 0) is 0 Å². The van der Waals surface area contributed by atoms with Crippen molar-refractivity contribution in [3.05, 3.63) is 35.4 Å². The summed E-state index contributed by atoms with van der Waals surface area (Å²) in [5, 5.41) is 3.10. The van der Waals surface area contributed by atoms with Crippen LogP contribution in [0.15, 0.2) is 24.3 Å². The monoisotopic (exact) mass is 315 g/mol. The zero-order valence-corrected chi connectivity index (χ0v) is 15.0. The summed E-state index contributed by atoms with van der Waals surface area (Å²) in [4.78, 5) is 17.1. The lowest BCUT2D eigenvalue weighted by atomic mass is 10.0. The van der Waals surface area contributed by atoms with Gasteiger partial charge in [-0.05, 0) is 52.2 Å². The second-order valence-corrected chi connectivity index (χ2v) is 8.11. The van der Waals surface area contributed by atoms with Crippen LogP contribution in [0.1, 0.15) is 51.3 Å². The molecule has 2 aliphatic heterocycles. The molecule has 23 heavy (non-hydrogen) atoms. The van der Waals surface area contributed by atoms with Crippen molar-refractivity contribution in [3.63, 3.8) is 0 Å². The number of piperazine rings is 1. The summed E-state index contributed by atoms with van der Waals surface area (Å²) in [6.07, 6.45) is 1.10. The molecule has 2 saturated heterocycles. The molecule has 0 saturated carbocycles. The minimum atomic E-state index is -0.174. The highest BCUT2D eigenvalue weighted by Gasteiger charge is 2.47.